The van der Waals surface area contributed by atoms with Gasteiger partial charge in [0.15, 0.2) is 5.17 Å². The van der Waals surface area contributed by atoms with Crippen molar-refractivity contribution in [3.63, 3.8) is 0 Å². The number of carboxylic acid groups (broad SMARTS) is 1. The minimum atomic E-state index is -1.03. The average molecular weight is 649 g/mol. The number of rotatable bonds is 7. The highest BCUT2D eigenvalue weighted by Crippen LogP contribution is 2.33. The second kappa shape index (κ2) is 13.0. The SMILES string of the molecule is CC(SC1=N/C(=C\c2cccc3ccccc23)C(=O)N1c1ccccc1)C(=O)Nc1ccc(-c2cc(C(=O)O)c3ccccc3n2)cc1. The van der Waals surface area contributed by atoms with Gasteiger partial charge in [-0.1, -0.05) is 103 Å². The van der Waals surface area contributed by atoms with Crippen LogP contribution in [0.4, 0.5) is 11.4 Å². The molecule has 1 unspecified atom stereocenters. The Labute approximate surface area is 280 Å². The van der Waals surface area contributed by atoms with E-state index in [1.165, 1.54) is 11.8 Å². The molecular weight excluding hydrogens is 621 g/mol. The number of aromatic nitrogens is 1. The van der Waals surface area contributed by atoms with Crippen LogP contribution in [0.25, 0.3) is 39.0 Å². The third kappa shape index (κ3) is 6.06. The molecule has 7 rings (SSSR count). The van der Waals surface area contributed by atoms with Crippen molar-refractivity contribution in [3.05, 3.63) is 144 Å². The highest BCUT2D eigenvalue weighted by molar-refractivity contribution is 8.15. The highest BCUT2D eigenvalue weighted by atomic mass is 32.2. The van der Waals surface area contributed by atoms with Crippen LogP contribution >= 0.6 is 11.8 Å². The lowest BCUT2D eigenvalue weighted by atomic mass is 10.0. The molecule has 1 aliphatic rings. The van der Waals surface area contributed by atoms with Gasteiger partial charge in [0, 0.05) is 16.6 Å². The summed E-state index contributed by atoms with van der Waals surface area (Å²) in [7, 11) is 0. The standard InChI is InChI=1S/C39H28N4O4S/c1-24(36(44)40-28-20-18-26(19-21-28)34-23-32(38(46)47)31-16-7-8-17-33(31)41-34)48-39-42-35(37(45)43(39)29-13-3-2-4-14-29)22-27-12-9-11-25-10-5-6-15-30(25)27/h2-24H,1H3,(H,40,44)(H,46,47)/b35-22-. The Morgan fingerprint density at radius 2 is 1.52 bits per heavy atom. The number of anilines is 2. The molecule has 48 heavy (non-hydrogen) atoms. The first-order valence-corrected chi connectivity index (χ1v) is 16.1. The summed E-state index contributed by atoms with van der Waals surface area (Å²) in [5, 5.41) is 15.2. The molecule has 5 aromatic carbocycles. The van der Waals surface area contributed by atoms with Gasteiger partial charge in [-0.3, -0.25) is 14.5 Å². The molecule has 0 spiro atoms. The number of nitrogens with one attached hydrogen (secondary N) is 1. The van der Waals surface area contributed by atoms with Crippen LogP contribution in [-0.2, 0) is 9.59 Å². The predicted molar refractivity (Wildman–Crippen MR) is 193 cm³/mol. The Morgan fingerprint density at radius 1 is 0.833 bits per heavy atom. The maximum atomic E-state index is 13.8. The summed E-state index contributed by atoms with van der Waals surface area (Å²) < 4.78 is 0. The van der Waals surface area contributed by atoms with Crippen LogP contribution in [0.5, 0.6) is 0 Å². The molecule has 6 aromatic rings. The zero-order valence-electron chi connectivity index (χ0n) is 25.7. The van der Waals surface area contributed by atoms with Crippen molar-refractivity contribution in [1.82, 2.24) is 4.98 Å². The van der Waals surface area contributed by atoms with E-state index in [1.54, 1.807) is 66.4 Å². The number of para-hydroxylation sites is 2. The lowest BCUT2D eigenvalue weighted by Gasteiger charge is -2.20. The molecule has 0 saturated carbocycles. The minimum absolute atomic E-state index is 0.173. The summed E-state index contributed by atoms with van der Waals surface area (Å²) in [6.45, 7) is 1.77. The van der Waals surface area contributed by atoms with Gasteiger partial charge in [-0.05, 0) is 65.7 Å². The molecule has 9 heteroatoms. The molecule has 0 fully saturated rings. The summed E-state index contributed by atoms with van der Waals surface area (Å²) in [6.07, 6.45) is 1.80. The van der Waals surface area contributed by atoms with Gasteiger partial charge < -0.3 is 10.4 Å². The molecule has 8 nitrogen and oxygen atoms in total. The Hall–Kier alpha value is -6.06. The Kier molecular flexibility index (Phi) is 8.27. The number of carboxylic acids is 1. The molecule has 2 heterocycles. The molecular formula is C39H28N4O4S. The first-order chi connectivity index (χ1) is 23.4. The number of fused-ring (bicyclic) bond motifs is 2. The fourth-order valence-corrected chi connectivity index (χ4v) is 6.51. The van der Waals surface area contributed by atoms with E-state index < -0.39 is 11.2 Å². The number of pyridine rings is 1. The van der Waals surface area contributed by atoms with Crippen molar-refractivity contribution in [2.24, 2.45) is 4.99 Å². The second-order valence-electron chi connectivity index (χ2n) is 11.2. The van der Waals surface area contributed by atoms with E-state index in [0.717, 1.165) is 16.3 Å². The van der Waals surface area contributed by atoms with Crippen molar-refractivity contribution in [3.8, 4) is 11.3 Å². The van der Waals surface area contributed by atoms with Gasteiger partial charge in [0.05, 0.1) is 27.7 Å². The van der Waals surface area contributed by atoms with E-state index >= 15 is 0 Å². The van der Waals surface area contributed by atoms with E-state index in [-0.39, 0.29) is 23.1 Å². The first kappa shape index (κ1) is 30.6. The molecule has 234 valence electrons. The van der Waals surface area contributed by atoms with Crippen LogP contribution in [0.2, 0.25) is 0 Å². The largest absolute Gasteiger partial charge is 0.478 e. The monoisotopic (exact) mass is 648 g/mol. The quantitative estimate of drug-likeness (QED) is 0.169. The third-order valence-corrected chi connectivity index (χ3v) is 9.06. The van der Waals surface area contributed by atoms with E-state index in [0.29, 0.717) is 38.7 Å². The lowest BCUT2D eigenvalue weighted by Crippen LogP contribution is -2.33. The van der Waals surface area contributed by atoms with Gasteiger partial charge in [0.1, 0.15) is 5.70 Å². The lowest BCUT2D eigenvalue weighted by molar-refractivity contribution is -0.115. The number of carbonyl (C=O) groups excluding carboxylic acids is 2. The average Bonchev–Trinajstić information content (AvgIpc) is 3.41. The van der Waals surface area contributed by atoms with E-state index in [9.17, 15) is 19.5 Å². The van der Waals surface area contributed by atoms with E-state index in [1.807, 2.05) is 78.9 Å². The smallest absolute Gasteiger partial charge is 0.336 e. The summed E-state index contributed by atoms with van der Waals surface area (Å²) in [6, 6.07) is 38.9. The normalized spacial score (nSPS) is 14.4. The zero-order chi connectivity index (χ0) is 33.2. The van der Waals surface area contributed by atoms with Crippen molar-refractivity contribution in [1.29, 1.82) is 0 Å². The van der Waals surface area contributed by atoms with Crippen molar-refractivity contribution >= 4 is 73.8 Å². The Balaban J connectivity index is 1.12. The number of hydrogen-bond donors (Lipinski definition) is 2. The number of nitrogens with zero attached hydrogens (tertiary/aromatic N) is 3. The Bertz CT molecular complexity index is 2280. The van der Waals surface area contributed by atoms with Crippen LogP contribution in [-0.4, -0.2) is 38.3 Å². The Morgan fingerprint density at radius 3 is 2.29 bits per heavy atom. The molecule has 0 radical (unpaired) electrons. The molecule has 0 bridgehead atoms. The fraction of sp³-hybridized carbons (Fsp3) is 0.0513. The van der Waals surface area contributed by atoms with E-state index in [4.69, 9.17) is 4.99 Å². The summed E-state index contributed by atoms with van der Waals surface area (Å²) in [5.74, 6) is -1.56. The van der Waals surface area contributed by atoms with Gasteiger partial charge in [-0.15, -0.1) is 0 Å². The molecule has 2 amide bonds. The molecule has 1 atom stereocenters. The van der Waals surface area contributed by atoms with Gasteiger partial charge >= 0.3 is 5.97 Å². The first-order valence-electron chi connectivity index (χ1n) is 15.2. The molecule has 1 aromatic heterocycles. The van der Waals surface area contributed by atoms with Crippen molar-refractivity contribution in [2.45, 2.75) is 12.2 Å². The molecule has 2 N–H and O–H groups in total. The number of hydrogen-bond acceptors (Lipinski definition) is 6. The van der Waals surface area contributed by atoms with Gasteiger partial charge in [0.25, 0.3) is 5.91 Å². The zero-order valence-corrected chi connectivity index (χ0v) is 26.5. The predicted octanol–water partition coefficient (Wildman–Crippen LogP) is 8.26. The van der Waals surface area contributed by atoms with Crippen LogP contribution in [0, 0.1) is 0 Å². The number of amides is 2. The second-order valence-corrected chi connectivity index (χ2v) is 12.5. The van der Waals surface area contributed by atoms with E-state index in [2.05, 4.69) is 10.3 Å². The molecule has 0 saturated heterocycles. The number of aromatic carboxylic acids is 1. The number of carbonyl (C=O) groups is 3. The van der Waals surface area contributed by atoms with Crippen LogP contribution in [0.15, 0.2) is 138 Å². The summed E-state index contributed by atoms with van der Waals surface area (Å²) >= 11 is 1.20. The number of thioether (sulfide) groups is 1. The topological polar surface area (TPSA) is 112 Å². The maximum absolute atomic E-state index is 13.8. The summed E-state index contributed by atoms with van der Waals surface area (Å²) in [5.41, 5.74) is 4.39. The van der Waals surface area contributed by atoms with Crippen molar-refractivity contribution in [2.75, 3.05) is 10.2 Å². The van der Waals surface area contributed by atoms with Crippen molar-refractivity contribution < 1.29 is 19.5 Å². The molecule has 1 aliphatic heterocycles. The van der Waals surface area contributed by atoms with Crippen LogP contribution < -0.4 is 10.2 Å². The van der Waals surface area contributed by atoms with Gasteiger partial charge in [-0.25, -0.2) is 14.8 Å². The summed E-state index contributed by atoms with van der Waals surface area (Å²) in [4.78, 5) is 50.0. The van der Waals surface area contributed by atoms with Crippen LogP contribution in [0.1, 0.15) is 22.8 Å². The number of aliphatic imine (C=N–C) groups is 1. The minimum Gasteiger partial charge on any atom is -0.478 e. The molecule has 0 aliphatic carbocycles. The third-order valence-electron chi connectivity index (χ3n) is 8.01. The number of amidine groups is 1. The van der Waals surface area contributed by atoms with Gasteiger partial charge in [0.2, 0.25) is 5.91 Å². The number of benzene rings is 5. The fourth-order valence-electron chi connectivity index (χ4n) is 5.58. The highest BCUT2D eigenvalue weighted by Gasteiger charge is 2.34. The maximum Gasteiger partial charge on any atom is 0.336 e. The van der Waals surface area contributed by atoms with Gasteiger partial charge in [-0.2, -0.15) is 0 Å². The van der Waals surface area contributed by atoms with Crippen LogP contribution in [0.3, 0.4) is 0 Å².